The number of carbonyl (C=O) groups is 2. The van der Waals surface area contributed by atoms with Crippen molar-refractivity contribution in [1.29, 1.82) is 0 Å². The van der Waals surface area contributed by atoms with E-state index in [1.807, 2.05) is 25.2 Å². The highest BCUT2D eigenvalue weighted by Gasteiger charge is 2.64. The summed E-state index contributed by atoms with van der Waals surface area (Å²) in [5, 5.41) is 4.50. The number of aromatic nitrogens is 1. The highest BCUT2D eigenvalue weighted by atomic mass is 32.2. The number of hydrogen-bond acceptors (Lipinski definition) is 6. The number of amides is 2. The van der Waals surface area contributed by atoms with Gasteiger partial charge in [-0.3, -0.25) is 9.59 Å². The molecule has 2 aliphatic heterocycles. The van der Waals surface area contributed by atoms with Crippen molar-refractivity contribution < 1.29 is 22.7 Å². The van der Waals surface area contributed by atoms with Gasteiger partial charge in [0.25, 0.3) is 5.91 Å². The number of hydrogen-bond donors (Lipinski definition) is 2. The predicted octanol–water partition coefficient (Wildman–Crippen LogP) is 4.84. The molecule has 1 aromatic heterocycles. The first-order valence-corrected chi connectivity index (χ1v) is 18.3. The summed E-state index contributed by atoms with van der Waals surface area (Å²) in [6.07, 6.45) is 6.47. The van der Waals surface area contributed by atoms with Crippen LogP contribution in [0.4, 0.5) is 0 Å². The number of likely N-dealkylation sites (N-methyl/N-ethyl adjacent to an activating group) is 1. The van der Waals surface area contributed by atoms with Crippen LogP contribution >= 0.6 is 0 Å². The van der Waals surface area contributed by atoms with Crippen LogP contribution in [0.3, 0.4) is 0 Å². The summed E-state index contributed by atoms with van der Waals surface area (Å²) in [5.41, 5.74) is 5.12. The fourth-order valence-corrected chi connectivity index (χ4v) is 9.31. The van der Waals surface area contributed by atoms with Crippen molar-refractivity contribution in [1.82, 2.24) is 23.8 Å². The second-order valence-corrected chi connectivity index (χ2v) is 16.9. The lowest BCUT2D eigenvalue weighted by molar-refractivity contribution is -0.137. The van der Waals surface area contributed by atoms with Gasteiger partial charge in [0.15, 0.2) is 0 Å². The van der Waals surface area contributed by atoms with Gasteiger partial charge in [-0.05, 0) is 79.1 Å². The van der Waals surface area contributed by atoms with Gasteiger partial charge in [0.1, 0.15) is 5.75 Å². The zero-order chi connectivity index (χ0) is 33.5. The third-order valence-corrected chi connectivity index (χ3v) is 12.9. The minimum Gasteiger partial charge on any atom is -0.497 e. The third-order valence-electron chi connectivity index (χ3n) is 11.5. The number of rotatable bonds is 7. The van der Waals surface area contributed by atoms with Gasteiger partial charge in [-0.2, -0.15) is 12.7 Å². The molecular formula is C36H47N5O5S. The van der Waals surface area contributed by atoms with Crippen LogP contribution < -0.4 is 14.8 Å². The van der Waals surface area contributed by atoms with Gasteiger partial charge in [0, 0.05) is 67.7 Å². The van der Waals surface area contributed by atoms with Crippen molar-refractivity contribution in [2.45, 2.75) is 76.8 Å². The van der Waals surface area contributed by atoms with Gasteiger partial charge < -0.3 is 19.5 Å². The van der Waals surface area contributed by atoms with Crippen LogP contribution in [0.5, 0.6) is 5.75 Å². The molecule has 2 N–H and O–H groups in total. The first-order valence-electron chi connectivity index (χ1n) is 16.9. The van der Waals surface area contributed by atoms with Gasteiger partial charge in [0.05, 0.1) is 18.2 Å². The van der Waals surface area contributed by atoms with Gasteiger partial charge in [-0.1, -0.05) is 39.2 Å². The van der Waals surface area contributed by atoms with Gasteiger partial charge in [-0.15, -0.1) is 0 Å². The van der Waals surface area contributed by atoms with E-state index in [9.17, 15) is 18.0 Å². The highest BCUT2D eigenvalue weighted by Crippen LogP contribution is 2.66. The van der Waals surface area contributed by atoms with Crippen LogP contribution in [0.25, 0.3) is 22.2 Å². The van der Waals surface area contributed by atoms with Gasteiger partial charge in [0.2, 0.25) is 5.91 Å². The van der Waals surface area contributed by atoms with Crippen molar-refractivity contribution in [2.24, 2.45) is 10.8 Å². The van der Waals surface area contributed by atoms with E-state index in [-0.39, 0.29) is 28.8 Å². The summed E-state index contributed by atoms with van der Waals surface area (Å²) in [6, 6.07) is 12.0. The normalized spacial score (nSPS) is 25.2. The summed E-state index contributed by atoms with van der Waals surface area (Å²) in [6.45, 7) is 6.28. The molecular weight excluding hydrogens is 614 g/mol. The molecule has 2 aliphatic carbocycles. The number of benzene rings is 2. The third kappa shape index (κ3) is 5.16. The second-order valence-electron chi connectivity index (χ2n) is 15.0. The summed E-state index contributed by atoms with van der Waals surface area (Å²) in [7, 11) is 2.45. The Morgan fingerprint density at radius 3 is 2.43 bits per heavy atom. The number of nitrogens with one attached hydrogen (secondary N) is 2. The molecule has 3 aromatic rings. The van der Waals surface area contributed by atoms with E-state index in [1.165, 1.54) is 26.1 Å². The Morgan fingerprint density at radius 2 is 1.77 bits per heavy atom. The van der Waals surface area contributed by atoms with E-state index in [1.54, 1.807) is 13.2 Å². The van der Waals surface area contributed by atoms with Crippen LogP contribution in [0.2, 0.25) is 0 Å². The number of likely N-dealkylation sites (tertiary alicyclic amines) is 1. The molecule has 2 aromatic carbocycles. The molecule has 3 unspecified atom stereocenters. The van der Waals surface area contributed by atoms with E-state index < -0.39 is 21.5 Å². The zero-order valence-electron chi connectivity index (χ0n) is 28.4. The Hall–Kier alpha value is -3.41. The molecule has 10 nitrogen and oxygen atoms in total. The van der Waals surface area contributed by atoms with Crippen molar-refractivity contribution in [2.75, 3.05) is 41.3 Å². The predicted molar refractivity (Wildman–Crippen MR) is 183 cm³/mol. The molecule has 11 heteroatoms. The summed E-state index contributed by atoms with van der Waals surface area (Å²) in [5.74, 6) is 0.675. The zero-order valence-corrected chi connectivity index (χ0v) is 29.2. The van der Waals surface area contributed by atoms with Crippen molar-refractivity contribution in [3.05, 3.63) is 53.1 Å². The monoisotopic (exact) mass is 661 g/mol. The fourth-order valence-electron chi connectivity index (χ4n) is 8.78. The van der Waals surface area contributed by atoms with Crippen LogP contribution in [0, 0.1) is 10.8 Å². The first kappa shape index (κ1) is 32.2. The summed E-state index contributed by atoms with van der Waals surface area (Å²) < 4.78 is 36.3. The molecule has 4 aliphatic rings. The Balaban J connectivity index is 1.42. The molecule has 0 radical (unpaired) electrons. The number of fused-ring (bicyclic) bond motifs is 7. The van der Waals surface area contributed by atoms with Crippen LogP contribution in [0.15, 0.2) is 36.4 Å². The molecule has 0 bridgehead atoms. The Morgan fingerprint density at radius 1 is 1.02 bits per heavy atom. The molecule has 2 saturated carbocycles. The van der Waals surface area contributed by atoms with Crippen LogP contribution in [-0.4, -0.2) is 81.4 Å². The summed E-state index contributed by atoms with van der Waals surface area (Å²) in [4.78, 5) is 30.2. The largest absolute Gasteiger partial charge is 0.497 e. The van der Waals surface area contributed by atoms with E-state index in [2.05, 4.69) is 45.5 Å². The Kier molecular flexibility index (Phi) is 7.76. The molecule has 3 heterocycles. The highest BCUT2D eigenvalue weighted by molar-refractivity contribution is 7.87. The maximum Gasteiger partial charge on any atom is 0.303 e. The minimum absolute atomic E-state index is 0.0442. The van der Waals surface area contributed by atoms with E-state index in [0.717, 1.165) is 69.9 Å². The molecule has 2 amide bonds. The molecule has 7 rings (SSSR count). The second kappa shape index (κ2) is 11.3. The molecule has 3 atom stereocenters. The topological polar surface area (TPSA) is 113 Å². The number of methoxy groups -OCH3 is 1. The van der Waals surface area contributed by atoms with E-state index >= 15 is 0 Å². The van der Waals surface area contributed by atoms with Crippen molar-refractivity contribution in [3.63, 3.8) is 0 Å². The molecule has 0 spiro atoms. The van der Waals surface area contributed by atoms with E-state index in [0.29, 0.717) is 25.6 Å². The molecule has 47 heavy (non-hydrogen) atoms. The van der Waals surface area contributed by atoms with Crippen LogP contribution in [-0.2, 0) is 21.5 Å². The lowest BCUT2D eigenvalue weighted by atomic mass is 9.81. The quantitative estimate of drug-likeness (QED) is 0.375. The van der Waals surface area contributed by atoms with Gasteiger partial charge >= 0.3 is 10.2 Å². The lowest BCUT2D eigenvalue weighted by Gasteiger charge is -2.26. The molecule has 1 saturated heterocycles. The number of ether oxygens (including phenoxy) is 1. The number of nitrogens with zero attached hydrogens (tertiary/aromatic N) is 3. The number of carbonyl (C=O) groups excluding carboxylic acids is 2. The van der Waals surface area contributed by atoms with E-state index in [4.69, 9.17) is 4.74 Å². The SMILES string of the molecule is CNC1CN(C(=O)C23CC2c2cc(OC)ccc2-c2c(C4CCCCC4)c4ccc(C(=O)NS(=O)(=O)N(C)C)cc4n2C3)CC1(C)C. The standard InChI is InChI=1S/C36H47N5O5S/c1-35(2)20-40(19-30(35)37-3)34(43)36-18-28(36)27-17-24(46-6)13-15-25(27)32-31(22-10-8-7-9-11-22)26-14-12-23(16-29(26)41(32)21-36)33(42)38-47(44,45)39(4)5/h12-17,22,28,30,37H,7-11,18-21H2,1-6H3,(H,38,42). The van der Waals surface area contributed by atoms with Crippen molar-refractivity contribution in [3.8, 4) is 17.0 Å². The average Bonchev–Trinajstić information content (AvgIpc) is 3.60. The maximum atomic E-state index is 14.8. The lowest BCUT2D eigenvalue weighted by Crippen LogP contribution is -2.40. The smallest absolute Gasteiger partial charge is 0.303 e. The van der Waals surface area contributed by atoms with Crippen LogP contribution in [0.1, 0.15) is 85.7 Å². The maximum absolute atomic E-state index is 14.8. The Bertz CT molecular complexity index is 1880. The Labute approximate surface area is 278 Å². The summed E-state index contributed by atoms with van der Waals surface area (Å²) >= 11 is 0. The average molecular weight is 662 g/mol. The first-order chi connectivity index (χ1) is 22.3. The molecule has 252 valence electrons. The fraction of sp³-hybridized carbons (Fsp3) is 0.556. The van der Waals surface area contributed by atoms with Crippen molar-refractivity contribution >= 4 is 32.9 Å². The molecule has 3 fully saturated rings. The van der Waals surface area contributed by atoms with Gasteiger partial charge in [-0.25, -0.2) is 4.72 Å². The minimum atomic E-state index is -3.97.